The lowest BCUT2D eigenvalue weighted by atomic mass is 10.2. The number of nitrogens with zero attached hydrogens (tertiary/aromatic N) is 1. The maximum Gasteiger partial charge on any atom is 0.328 e. The van der Waals surface area contributed by atoms with Crippen LogP contribution >= 0.6 is 0 Å². The van der Waals surface area contributed by atoms with E-state index in [1.807, 2.05) is 24.3 Å². The Kier molecular flexibility index (Phi) is 4.93. The summed E-state index contributed by atoms with van der Waals surface area (Å²) in [5.74, 6) is 0.369. The Hall–Kier alpha value is -2.82. The number of benzene rings is 1. The second-order valence-corrected chi connectivity index (χ2v) is 4.19. The fraction of sp³-hybridized carbons (Fsp3) is 0.125. The molecule has 0 radical (unpaired) electrons. The van der Waals surface area contributed by atoms with E-state index in [1.165, 1.54) is 6.08 Å². The summed E-state index contributed by atoms with van der Waals surface area (Å²) < 4.78 is 10.9. The molecule has 21 heavy (non-hydrogen) atoms. The largest absolute Gasteiger partial charge is 0.496 e. The molecule has 2 rings (SSSR count). The van der Waals surface area contributed by atoms with Crippen molar-refractivity contribution in [2.75, 3.05) is 7.11 Å². The lowest BCUT2D eigenvalue weighted by molar-refractivity contribution is -0.131. The van der Waals surface area contributed by atoms with Gasteiger partial charge in [0.25, 0.3) is 0 Å². The third-order valence-electron chi connectivity index (χ3n) is 2.74. The second kappa shape index (κ2) is 7.09. The summed E-state index contributed by atoms with van der Waals surface area (Å²) >= 11 is 0. The molecule has 2 aromatic rings. The Balaban J connectivity index is 1.99. The number of hydrogen-bond donors (Lipinski definition) is 1. The molecule has 5 heteroatoms. The molecule has 0 amide bonds. The lowest BCUT2D eigenvalue weighted by Gasteiger charge is -2.09. The molecule has 0 bridgehead atoms. The number of carbonyl (C=O) groups is 1. The van der Waals surface area contributed by atoms with Gasteiger partial charge in [0.05, 0.1) is 19.0 Å². The van der Waals surface area contributed by atoms with Crippen LogP contribution in [0, 0.1) is 0 Å². The molecule has 0 aliphatic carbocycles. The van der Waals surface area contributed by atoms with E-state index in [9.17, 15) is 4.79 Å². The van der Waals surface area contributed by atoms with Gasteiger partial charge < -0.3 is 14.6 Å². The number of ether oxygens (including phenoxy) is 2. The highest BCUT2D eigenvalue weighted by Gasteiger charge is 2.03. The number of rotatable bonds is 6. The summed E-state index contributed by atoms with van der Waals surface area (Å²) in [6, 6.07) is 11.0. The number of hydrogen-bond acceptors (Lipinski definition) is 4. The van der Waals surface area contributed by atoms with Crippen LogP contribution < -0.4 is 9.47 Å². The molecule has 0 spiro atoms. The van der Waals surface area contributed by atoms with Gasteiger partial charge in [-0.25, -0.2) is 4.79 Å². The van der Waals surface area contributed by atoms with Gasteiger partial charge in [-0.2, -0.15) is 0 Å². The predicted octanol–water partition coefficient (Wildman–Crippen LogP) is 2.77. The zero-order chi connectivity index (χ0) is 15.1. The molecule has 1 N–H and O–H groups in total. The maximum atomic E-state index is 10.4. The van der Waals surface area contributed by atoms with E-state index in [2.05, 4.69) is 4.98 Å². The zero-order valence-corrected chi connectivity index (χ0v) is 11.5. The molecule has 0 atom stereocenters. The number of carboxylic acids is 1. The molecule has 0 fully saturated rings. The highest BCUT2D eigenvalue weighted by atomic mass is 16.5. The van der Waals surface area contributed by atoms with E-state index in [4.69, 9.17) is 14.6 Å². The third kappa shape index (κ3) is 4.35. The van der Waals surface area contributed by atoms with Gasteiger partial charge in [-0.1, -0.05) is 18.2 Å². The van der Waals surface area contributed by atoms with Crippen molar-refractivity contribution >= 4 is 12.0 Å². The molecule has 108 valence electrons. The molecule has 1 heterocycles. The third-order valence-corrected chi connectivity index (χ3v) is 2.74. The van der Waals surface area contributed by atoms with E-state index in [0.717, 1.165) is 17.4 Å². The van der Waals surface area contributed by atoms with Gasteiger partial charge in [0.15, 0.2) is 0 Å². The smallest absolute Gasteiger partial charge is 0.328 e. The molecule has 0 aliphatic heterocycles. The minimum Gasteiger partial charge on any atom is -0.496 e. The van der Waals surface area contributed by atoms with Crippen molar-refractivity contribution in [3.05, 3.63) is 59.9 Å². The summed E-state index contributed by atoms with van der Waals surface area (Å²) in [4.78, 5) is 14.5. The Morgan fingerprint density at radius 2 is 2.10 bits per heavy atom. The van der Waals surface area contributed by atoms with Crippen molar-refractivity contribution in [2.45, 2.75) is 6.61 Å². The average molecular weight is 285 g/mol. The standard InChI is InChI=1S/C16H15NO4/c1-20-15-5-3-2-4-12(15)11-21-14-8-6-13(17-10-14)7-9-16(18)19/h2-10H,11H2,1H3,(H,18,19). The monoisotopic (exact) mass is 285 g/mol. The first kappa shape index (κ1) is 14.6. The number of para-hydroxylation sites is 1. The molecule has 0 saturated carbocycles. The Morgan fingerprint density at radius 3 is 2.76 bits per heavy atom. The van der Waals surface area contributed by atoms with Crippen molar-refractivity contribution in [1.82, 2.24) is 4.98 Å². The molecule has 1 aromatic heterocycles. The molecular formula is C16H15NO4. The van der Waals surface area contributed by atoms with Crippen LogP contribution in [-0.2, 0) is 11.4 Å². The van der Waals surface area contributed by atoms with Crippen LogP contribution in [-0.4, -0.2) is 23.2 Å². The minimum absolute atomic E-state index is 0.371. The van der Waals surface area contributed by atoms with Crippen LogP contribution in [0.3, 0.4) is 0 Å². The van der Waals surface area contributed by atoms with Crippen LogP contribution in [0.1, 0.15) is 11.3 Å². The molecule has 0 aliphatic rings. The molecule has 1 aromatic carbocycles. The van der Waals surface area contributed by atoms with Crippen molar-refractivity contribution in [3.63, 3.8) is 0 Å². The van der Waals surface area contributed by atoms with Crippen molar-refractivity contribution < 1.29 is 19.4 Å². The first-order valence-corrected chi connectivity index (χ1v) is 6.31. The van der Waals surface area contributed by atoms with Gasteiger partial charge in [0.1, 0.15) is 18.1 Å². The van der Waals surface area contributed by atoms with Gasteiger partial charge in [-0.3, -0.25) is 4.98 Å². The van der Waals surface area contributed by atoms with Gasteiger partial charge in [-0.05, 0) is 24.3 Å². The van der Waals surface area contributed by atoms with Gasteiger partial charge >= 0.3 is 5.97 Å². The zero-order valence-electron chi connectivity index (χ0n) is 11.5. The molecule has 0 unspecified atom stereocenters. The summed E-state index contributed by atoms with van der Waals surface area (Å²) in [5.41, 5.74) is 1.50. The van der Waals surface area contributed by atoms with E-state index in [1.54, 1.807) is 25.4 Å². The fourth-order valence-corrected chi connectivity index (χ4v) is 1.72. The molecule has 0 saturated heterocycles. The second-order valence-electron chi connectivity index (χ2n) is 4.19. The van der Waals surface area contributed by atoms with Gasteiger partial charge in [-0.15, -0.1) is 0 Å². The lowest BCUT2D eigenvalue weighted by Crippen LogP contribution is -1.99. The summed E-state index contributed by atoms with van der Waals surface area (Å²) in [6.45, 7) is 0.371. The Labute approximate surface area is 122 Å². The van der Waals surface area contributed by atoms with Crippen molar-refractivity contribution in [2.24, 2.45) is 0 Å². The normalized spacial score (nSPS) is 10.5. The van der Waals surface area contributed by atoms with Gasteiger partial charge in [0, 0.05) is 11.6 Å². The first-order chi connectivity index (χ1) is 10.2. The predicted molar refractivity (Wildman–Crippen MR) is 78.2 cm³/mol. The van der Waals surface area contributed by atoms with Crippen molar-refractivity contribution in [1.29, 1.82) is 0 Å². The molecular weight excluding hydrogens is 270 g/mol. The summed E-state index contributed by atoms with van der Waals surface area (Å²) in [7, 11) is 1.62. The van der Waals surface area contributed by atoms with Crippen LogP contribution in [0.2, 0.25) is 0 Å². The van der Waals surface area contributed by atoms with Crippen LogP contribution in [0.5, 0.6) is 11.5 Å². The number of aromatic nitrogens is 1. The van der Waals surface area contributed by atoms with Crippen LogP contribution in [0.4, 0.5) is 0 Å². The quantitative estimate of drug-likeness (QED) is 0.826. The highest BCUT2D eigenvalue weighted by molar-refractivity contribution is 5.84. The topological polar surface area (TPSA) is 68.7 Å². The molecule has 5 nitrogen and oxygen atoms in total. The Morgan fingerprint density at radius 1 is 1.29 bits per heavy atom. The minimum atomic E-state index is -1.01. The van der Waals surface area contributed by atoms with E-state index in [0.29, 0.717) is 18.1 Å². The number of pyridine rings is 1. The fourth-order valence-electron chi connectivity index (χ4n) is 1.72. The van der Waals surface area contributed by atoms with Crippen molar-refractivity contribution in [3.8, 4) is 11.5 Å². The first-order valence-electron chi connectivity index (χ1n) is 6.31. The highest BCUT2D eigenvalue weighted by Crippen LogP contribution is 2.20. The average Bonchev–Trinajstić information content (AvgIpc) is 2.52. The summed E-state index contributed by atoms with van der Waals surface area (Å²) in [5, 5.41) is 8.54. The summed E-state index contributed by atoms with van der Waals surface area (Å²) in [6.07, 6.45) is 4.01. The number of carboxylic acid groups (broad SMARTS) is 1. The van der Waals surface area contributed by atoms with E-state index in [-0.39, 0.29) is 0 Å². The number of aliphatic carboxylic acids is 1. The van der Waals surface area contributed by atoms with E-state index >= 15 is 0 Å². The van der Waals surface area contributed by atoms with Crippen LogP contribution in [0.25, 0.3) is 6.08 Å². The number of methoxy groups -OCH3 is 1. The van der Waals surface area contributed by atoms with Gasteiger partial charge in [0.2, 0.25) is 0 Å². The van der Waals surface area contributed by atoms with E-state index < -0.39 is 5.97 Å². The Bertz CT molecular complexity index is 635. The SMILES string of the molecule is COc1ccccc1COc1ccc(C=CC(=O)O)nc1. The van der Waals surface area contributed by atoms with Crippen LogP contribution in [0.15, 0.2) is 48.7 Å². The maximum absolute atomic E-state index is 10.4.